The average Bonchev–Trinajstić information content (AvgIpc) is 2.41. The zero-order valence-electron chi connectivity index (χ0n) is 11.1. The summed E-state index contributed by atoms with van der Waals surface area (Å²) in [6.07, 6.45) is 6.45. The highest BCUT2D eigenvalue weighted by molar-refractivity contribution is 5.17. The normalized spacial score (nSPS) is 25.9. The van der Waals surface area contributed by atoms with Crippen LogP contribution in [0.1, 0.15) is 44.6 Å². The largest absolute Gasteiger partial charge is 0.392 e. The highest BCUT2D eigenvalue weighted by Gasteiger charge is 2.26. The van der Waals surface area contributed by atoms with Crippen LogP contribution in [0.4, 0.5) is 4.39 Å². The van der Waals surface area contributed by atoms with Crippen molar-refractivity contribution >= 4 is 0 Å². The summed E-state index contributed by atoms with van der Waals surface area (Å²) < 4.78 is 12.8. The number of benzene rings is 1. The van der Waals surface area contributed by atoms with Gasteiger partial charge in [-0.05, 0) is 48.8 Å². The summed E-state index contributed by atoms with van der Waals surface area (Å²) in [7, 11) is 0. The van der Waals surface area contributed by atoms with Gasteiger partial charge >= 0.3 is 0 Å². The Balaban J connectivity index is 1.90. The molecule has 2 heteroatoms. The van der Waals surface area contributed by atoms with Crippen molar-refractivity contribution in [3.63, 3.8) is 0 Å². The summed E-state index contributed by atoms with van der Waals surface area (Å²) in [5.74, 6) is 0.998. The molecule has 3 atom stereocenters. The first-order valence-electron chi connectivity index (χ1n) is 7.11. The first kappa shape index (κ1) is 13.5. The Hall–Kier alpha value is -0.890. The van der Waals surface area contributed by atoms with Crippen molar-refractivity contribution in [1.29, 1.82) is 0 Å². The SMILES string of the molecule is CCC1CCCC(C(O)Cc2ccc(F)cc2)C1. The molecule has 1 aliphatic rings. The zero-order chi connectivity index (χ0) is 13.0. The molecule has 1 aromatic rings. The summed E-state index contributed by atoms with van der Waals surface area (Å²) in [6, 6.07) is 6.49. The van der Waals surface area contributed by atoms with Crippen LogP contribution in [0.2, 0.25) is 0 Å². The predicted octanol–water partition coefficient (Wildman–Crippen LogP) is 3.95. The van der Waals surface area contributed by atoms with Crippen molar-refractivity contribution in [2.24, 2.45) is 11.8 Å². The summed E-state index contributed by atoms with van der Waals surface area (Å²) in [4.78, 5) is 0. The van der Waals surface area contributed by atoms with Crippen LogP contribution in [0.15, 0.2) is 24.3 Å². The van der Waals surface area contributed by atoms with Crippen LogP contribution >= 0.6 is 0 Å². The van der Waals surface area contributed by atoms with Gasteiger partial charge in [0.15, 0.2) is 0 Å². The number of aliphatic hydroxyl groups is 1. The average molecular weight is 250 g/mol. The van der Waals surface area contributed by atoms with E-state index in [0.29, 0.717) is 12.3 Å². The predicted molar refractivity (Wildman–Crippen MR) is 71.8 cm³/mol. The highest BCUT2D eigenvalue weighted by atomic mass is 19.1. The second-order valence-corrected chi connectivity index (χ2v) is 5.60. The fourth-order valence-corrected chi connectivity index (χ4v) is 3.08. The fraction of sp³-hybridized carbons (Fsp3) is 0.625. The minimum Gasteiger partial charge on any atom is -0.392 e. The van der Waals surface area contributed by atoms with Gasteiger partial charge < -0.3 is 5.11 Å². The molecule has 18 heavy (non-hydrogen) atoms. The van der Waals surface area contributed by atoms with Crippen LogP contribution in [-0.4, -0.2) is 11.2 Å². The zero-order valence-corrected chi connectivity index (χ0v) is 11.1. The molecule has 0 aromatic heterocycles. The summed E-state index contributed by atoms with van der Waals surface area (Å²) in [5.41, 5.74) is 1.03. The van der Waals surface area contributed by atoms with Gasteiger partial charge in [0.25, 0.3) is 0 Å². The highest BCUT2D eigenvalue weighted by Crippen LogP contribution is 2.33. The van der Waals surface area contributed by atoms with Crippen LogP contribution in [-0.2, 0) is 6.42 Å². The van der Waals surface area contributed by atoms with Gasteiger partial charge in [-0.1, -0.05) is 38.3 Å². The molecule has 0 heterocycles. The van der Waals surface area contributed by atoms with Gasteiger partial charge in [-0.25, -0.2) is 4.39 Å². The smallest absolute Gasteiger partial charge is 0.123 e. The monoisotopic (exact) mass is 250 g/mol. The number of halogens is 1. The van der Waals surface area contributed by atoms with Crippen molar-refractivity contribution < 1.29 is 9.50 Å². The molecule has 2 rings (SSSR count). The Morgan fingerprint density at radius 2 is 2.00 bits per heavy atom. The van der Waals surface area contributed by atoms with Gasteiger partial charge in [0, 0.05) is 0 Å². The van der Waals surface area contributed by atoms with Crippen molar-refractivity contribution in [2.75, 3.05) is 0 Å². The van der Waals surface area contributed by atoms with Crippen LogP contribution in [0.3, 0.4) is 0 Å². The number of hydrogen-bond donors (Lipinski definition) is 1. The van der Waals surface area contributed by atoms with Crippen LogP contribution in [0.25, 0.3) is 0 Å². The molecular formula is C16H23FO. The third-order valence-electron chi connectivity index (χ3n) is 4.30. The van der Waals surface area contributed by atoms with E-state index in [0.717, 1.165) is 24.3 Å². The molecule has 1 aromatic carbocycles. The summed E-state index contributed by atoms with van der Waals surface area (Å²) in [6.45, 7) is 2.24. The van der Waals surface area contributed by atoms with E-state index in [9.17, 15) is 9.50 Å². The topological polar surface area (TPSA) is 20.2 Å². The van der Waals surface area contributed by atoms with Gasteiger partial charge in [-0.3, -0.25) is 0 Å². The number of aliphatic hydroxyl groups excluding tert-OH is 1. The van der Waals surface area contributed by atoms with E-state index in [1.165, 1.54) is 31.4 Å². The molecule has 0 saturated heterocycles. The standard InChI is InChI=1S/C16H23FO/c1-2-12-4-3-5-14(10-12)16(18)11-13-6-8-15(17)9-7-13/h6-9,12,14,16,18H,2-5,10-11H2,1H3. The lowest BCUT2D eigenvalue weighted by Crippen LogP contribution is -2.28. The lowest BCUT2D eigenvalue weighted by molar-refractivity contribution is 0.0685. The molecule has 0 spiro atoms. The first-order chi connectivity index (χ1) is 8.69. The maximum atomic E-state index is 12.8. The molecule has 1 saturated carbocycles. The van der Waals surface area contributed by atoms with Crippen molar-refractivity contribution in [3.05, 3.63) is 35.6 Å². The van der Waals surface area contributed by atoms with E-state index in [2.05, 4.69) is 6.92 Å². The van der Waals surface area contributed by atoms with E-state index >= 15 is 0 Å². The molecule has 0 amide bonds. The fourth-order valence-electron chi connectivity index (χ4n) is 3.08. The first-order valence-corrected chi connectivity index (χ1v) is 7.11. The van der Waals surface area contributed by atoms with E-state index in [4.69, 9.17) is 0 Å². The van der Waals surface area contributed by atoms with E-state index in [1.807, 2.05) is 0 Å². The molecule has 100 valence electrons. The molecule has 3 unspecified atom stereocenters. The second kappa shape index (κ2) is 6.33. The molecule has 1 aliphatic carbocycles. The van der Waals surface area contributed by atoms with Crippen molar-refractivity contribution in [3.8, 4) is 0 Å². The van der Waals surface area contributed by atoms with Gasteiger partial charge in [-0.2, -0.15) is 0 Å². The van der Waals surface area contributed by atoms with E-state index in [1.54, 1.807) is 12.1 Å². The van der Waals surface area contributed by atoms with E-state index < -0.39 is 0 Å². The quantitative estimate of drug-likeness (QED) is 0.858. The molecule has 0 bridgehead atoms. The van der Waals surface area contributed by atoms with Crippen molar-refractivity contribution in [2.45, 2.75) is 51.6 Å². The third-order valence-corrected chi connectivity index (χ3v) is 4.30. The van der Waals surface area contributed by atoms with Crippen LogP contribution in [0, 0.1) is 17.7 Å². The maximum absolute atomic E-state index is 12.8. The number of rotatable bonds is 4. The van der Waals surface area contributed by atoms with E-state index in [-0.39, 0.29) is 11.9 Å². The van der Waals surface area contributed by atoms with Crippen LogP contribution < -0.4 is 0 Å². The lowest BCUT2D eigenvalue weighted by Gasteiger charge is -2.31. The van der Waals surface area contributed by atoms with Gasteiger partial charge in [0.1, 0.15) is 5.82 Å². The Bertz CT molecular complexity index is 360. The van der Waals surface area contributed by atoms with Gasteiger partial charge in [0.05, 0.1) is 6.10 Å². The minimum absolute atomic E-state index is 0.211. The molecular weight excluding hydrogens is 227 g/mol. The Morgan fingerprint density at radius 1 is 1.28 bits per heavy atom. The molecule has 1 nitrogen and oxygen atoms in total. The molecule has 1 fully saturated rings. The van der Waals surface area contributed by atoms with Gasteiger partial charge in [-0.15, -0.1) is 0 Å². The minimum atomic E-state index is -0.273. The molecule has 0 radical (unpaired) electrons. The van der Waals surface area contributed by atoms with Gasteiger partial charge in [0.2, 0.25) is 0 Å². The Labute approximate surface area is 109 Å². The third kappa shape index (κ3) is 3.55. The maximum Gasteiger partial charge on any atom is 0.123 e. The number of hydrogen-bond acceptors (Lipinski definition) is 1. The summed E-state index contributed by atoms with van der Waals surface area (Å²) in [5, 5.41) is 10.3. The lowest BCUT2D eigenvalue weighted by atomic mass is 9.76. The van der Waals surface area contributed by atoms with Crippen LogP contribution in [0.5, 0.6) is 0 Å². The Kier molecular flexibility index (Phi) is 4.76. The molecule has 1 N–H and O–H groups in total. The second-order valence-electron chi connectivity index (χ2n) is 5.60. The Morgan fingerprint density at radius 3 is 2.67 bits per heavy atom. The van der Waals surface area contributed by atoms with Crippen molar-refractivity contribution in [1.82, 2.24) is 0 Å². The molecule has 0 aliphatic heterocycles. The summed E-state index contributed by atoms with van der Waals surface area (Å²) >= 11 is 0.